The second kappa shape index (κ2) is 7.55. The molecule has 0 bridgehead atoms. The normalized spacial score (nSPS) is 18.3. The van der Waals surface area contributed by atoms with E-state index in [0.717, 1.165) is 0 Å². The Balaban J connectivity index is 1.79. The molecule has 0 saturated carbocycles. The molecule has 1 aromatic heterocycles. The van der Waals surface area contributed by atoms with Crippen LogP contribution in [0.25, 0.3) is 0 Å². The van der Waals surface area contributed by atoms with Crippen LogP contribution in [0.4, 0.5) is 17.3 Å². The van der Waals surface area contributed by atoms with Gasteiger partial charge in [-0.25, -0.2) is 18.4 Å². The lowest BCUT2D eigenvalue weighted by atomic mass is 10.2. The largest absolute Gasteiger partial charge is 0.495 e. The quantitative estimate of drug-likeness (QED) is 0.765. The Labute approximate surface area is 156 Å². The summed E-state index contributed by atoms with van der Waals surface area (Å²) in [5.41, 5.74) is 0.627. The Morgan fingerprint density at radius 2 is 1.85 bits per heavy atom. The van der Waals surface area contributed by atoms with Crippen molar-refractivity contribution in [1.29, 1.82) is 0 Å². The van der Waals surface area contributed by atoms with Gasteiger partial charge in [-0.15, -0.1) is 0 Å². The van der Waals surface area contributed by atoms with E-state index in [-0.39, 0.29) is 17.5 Å². The molecular formula is C16H19ClN4O4S. The van der Waals surface area contributed by atoms with Crippen LogP contribution in [0.5, 0.6) is 11.5 Å². The fourth-order valence-corrected chi connectivity index (χ4v) is 4.62. The van der Waals surface area contributed by atoms with E-state index in [1.54, 1.807) is 18.2 Å². The van der Waals surface area contributed by atoms with Gasteiger partial charge in [0.15, 0.2) is 9.84 Å². The van der Waals surface area contributed by atoms with Gasteiger partial charge in [0.25, 0.3) is 0 Å². The van der Waals surface area contributed by atoms with Crippen LogP contribution in [0, 0.1) is 0 Å². The number of hydrogen-bond donors (Lipinski definition) is 2. The molecule has 26 heavy (non-hydrogen) atoms. The van der Waals surface area contributed by atoms with E-state index >= 15 is 0 Å². The minimum absolute atomic E-state index is 0.113. The zero-order valence-corrected chi connectivity index (χ0v) is 15.9. The van der Waals surface area contributed by atoms with Crippen molar-refractivity contribution in [3.8, 4) is 11.5 Å². The highest BCUT2D eigenvalue weighted by molar-refractivity contribution is 7.91. The van der Waals surface area contributed by atoms with E-state index in [9.17, 15) is 8.42 Å². The summed E-state index contributed by atoms with van der Waals surface area (Å²) in [7, 11) is 0.107. The molecule has 1 saturated heterocycles. The maximum absolute atomic E-state index is 11.6. The average Bonchev–Trinajstić information content (AvgIpc) is 2.95. The highest BCUT2D eigenvalue weighted by Crippen LogP contribution is 2.37. The van der Waals surface area contributed by atoms with E-state index in [1.807, 2.05) is 0 Å². The molecular weight excluding hydrogens is 380 g/mol. The Morgan fingerprint density at radius 1 is 1.12 bits per heavy atom. The minimum atomic E-state index is -2.96. The third-order valence-corrected chi connectivity index (χ3v) is 6.05. The maximum atomic E-state index is 11.6. The molecule has 8 nitrogen and oxygen atoms in total. The molecule has 0 aliphatic carbocycles. The van der Waals surface area contributed by atoms with Crippen LogP contribution in [0.2, 0.25) is 5.02 Å². The lowest BCUT2D eigenvalue weighted by Gasteiger charge is -2.15. The SMILES string of the molecule is COc1cc(Nc2cc(NC3CCS(=O)(=O)C3)ncn2)c(OC)cc1Cl. The molecule has 1 atom stereocenters. The molecule has 0 amide bonds. The Morgan fingerprint density at radius 3 is 2.50 bits per heavy atom. The van der Waals surface area contributed by atoms with Crippen molar-refractivity contribution in [2.75, 3.05) is 36.4 Å². The van der Waals surface area contributed by atoms with E-state index in [2.05, 4.69) is 20.6 Å². The van der Waals surface area contributed by atoms with Crippen molar-refractivity contribution >= 4 is 38.8 Å². The molecule has 140 valence electrons. The molecule has 2 heterocycles. The monoisotopic (exact) mass is 398 g/mol. The van der Waals surface area contributed by atoms with Crippen molar-refractivity contribution < 1.29 is 17.9 Å². The summed E-state index contributed by atoms with van der Waals surface area (Å²) in [4.78, 5) is 8.33. The molecule has 1 aliphatic heterocycles. The minimum Gasteiger partial charge on any atom is -0.495 e. The number of rotatable bonds is 6. The van der Waals surface area contributed by atoms with Crippen LogP contribution in [0.15, 0.2) is 24.5 Å². The summed E-state index contributed by atoms with van der Waals surface area (Å²) in [5, 5.41) is 6.70. The lowest BCUT2D eigenvalue weighted by molar-refractivity contribution is 0.405. The van der Waals surface area contributed by atoms with Gasteiger partial charge in [0.05, 0.1) is 36.4 Å². The van der Waals surface area contributed by atoms with E-state index < -0.39 is 9.84 Å². The van der Waals surface area contributed by atoms with Crippen LogP contribution < -0.4 is 20.1 Å². The van der Waals surface area contributed by atoms with Crippen molar-refractivity contribution in [2.45, 2.75) is 12.5 Å². The van der Waals surface area contributed by atoms with Crippen LogP contribution in [0.1, 0.15) is 6.42 Å². The summed E-state index contributed by atoms with van der Waals surface area (Å²) in [6.45, 7) is 0. The molecule has 1 fully saturated rings. The van der Waals surface area contributed by atoms with Gasteiger partial charge in [0, 0.05) is 24.2 Å². The Kier molecular flexibility index (Phi) is 5.38. The molecule has 1 aliphatic rings. The molecule has 2 N–H and O–H groups in total. The number of methoxy groups -OCH3 is 2. The molecule has 10 heteroatoms. The summed E-state index contributed by atoms with van der Waals surface area (Å²) in [6, 6.07) is 4.91. The molecule has 2 aromatic rings. The van der Waals surface area contributed by atoms with Crippen molar-refractivity contribution in [1.82, 2.24) is 9.97 Å². The number of sulfone groups is 1. The van der Waals surface area contributed by atoms with Gasteiger partial charge < -0.3 is 20.1 Å². The number of halogens is 1. The number of anilines is 3. The number of ether oxygens (including phenoxy) is 2. The summed E-state index contributed by atoms with van der Waals surface area (Å²) in [6.07, 6.45) is 1.96. The summed E-state index contributed by atoms with van der Waals surface area (Å²) >= 11 is 6.11. The Bertz CT molecular complexity index is 907. The topological polar surface area (TPSA) is 102 Å². The van der Waals surface area contributed by atoms with Crippen LogP contribution in [-0.2, 0) is 9.84 Å². The zero-order valence-electron chi connectivity index (χ0n) is 14.3. The molecule has 0 radical (unpaired) electrons. The maximum Gasteiger partial charge on any atom is 0.152 e. The standard InChI is InChI=1S/C16H19ClN4O4S/c1-24-13-6-12(14(25-2)5-11(13)17)21-16-7-15(18-9-19-16)20-10-3-4-26(22,23)8-10/h5-7,9-10H,3-4,8H2,1-2H3,(H2,18,19,20,21). The second-order valence-corrected chi connectivity index (χ2v) is 8.48. The van der Waals surface area contributed by atoms with Gasteiger partial charge in [-0.3, -0.25) is 0 Å². The summed E-state index contributed by atoms with van der Waals surface area (Å²) < 4.78 is 33.7. The average molecular weight is 399 g/mol. The van der Waals surface area contributed by atoms with E-state index in [4.69, 9.17) is 21.1 Å². The first-order valence-corrected chi connectivity index (χ1v) is 10.1. The molecule has 0 spiro atoms. The molecule has 1 aromatic carbocycles. The zero-order chi connectivity index (χ0) is 18.7. The van der Waals surface area contributed by atoms with E-state index in [0.29, 0.717) is 40.3 Å². The molecule has 3 rings (SSSR count). The first-order valence-electron chi connectivity index (χ1n) is 7.88. The first-order chi connectivity index (χ1) is 12.4. The van der Waals surface area contributed by atoms with Crippen molar-refractivity contribution in [3.63, 3.8) is 0 Å². The van der Waals surface area contributed by atoms with Crippen LogP contribution >= 0.6 is 11.6 Å². The fourth-order valence-electron chi connectivity index (χ4n) is 2.72. The fraction of sp³-hybridized carbons (Fsp3) is 0.375. The van der Waals surface area contributed by atoms with Crippen LogP contribution in [-0.4, -0.2) is 50.2 Å². The van der Waals surface area contributed by atoms with Crippen molar-refractivity contribution in [2.24, 2.45) is 0 Å². The predicted octanol–water partition coefficient (Wildman–Crippen LogP) is 2.49. The third-order valence-electron chi connectivity index (χ3n) is 3.99. The number of hydrogen-bond acceptors (Lipinski definition) is 8. The highest BCUT2D eigenvalue weighted by atomic mass is 35.5. The second-order valence-electron chi connectivity index (χ2n) is 5.84. The first kappa shape index (κ1) is 18.5. The third kappa shape index (κ3) is 4.28. The van der Waals surface area contributed by atoms with Gasteiger partial charge in [0.1, 0.15) is 29.5 Å². The lowest BCUT2D eigenvalue weighted by Crippen LogP contribution is -2.21. The molecule has 1 unspecified atom stereocenters. The van der Waals surface area contributed by atoms with Crippen LogP contribution in [0.3, 0.4) is 0 Å². The highest BCUT2D eigenvalue weighted by Gasteiger charge is 2.28. The number of nitrogens with zero attached hydrogens (tertiary/aromatic N) is 2. The van der Waals surface area contributed by atoms with Gasteiger partial charge in [0.2, 0.25) is 0 Å². The number of benzene rings is 1. The smallest absolute Gasteiger partial charge is 0.152 e. The predicted molar refractivity (Wildman–Crippen MR) is 101 cm³/mol. The van der Waals surface area contributed by atoms with Gasteiger partial charge in [-0.2, -0.15) is 0 Å². The van der Waals surface area contributed by atoms with Gasteiger partial charge in [-0.05, 0) is 6.42 Å². The van der Waals surface area contributed by atoms with Crippen molar-refractivity contribution in [3.05, 3.63) is 29.5 Å². The number of nitrogens with one attached hydrogen (secondary N) is 2. The van der Waals surface area contributed by atoms with Gasteiger partial charge in [-0.1, -0.05) is 11.6 Å². The Hall–Kier alpha value is -2.26. The number of aromatic nitrogens is 2. The van der Waals surface area contributed by atoms with Gasteiger partial charge >= 0.3 is 0 Å². The summed E-state index contributed by atoms with van der Waals surface area (Å²) in [5.74, 6) is 2.41. The van der Waals surface area contributed by atoms with E-state index in [1.165, 1.54) is 20.5 Å².